The lowest BCUT2D eigenvalue weighted by molar-refractivity contribution is -0.131. The van der Waals surface area contributed by atoms with Crippen molar-refractivity contribution in [3.63, 3.8) is 0 Å². The lowest BCUT2D eigenvalue weighted by atomic mass is 10.1. The maximum absolute atomic E-state index is 12.0. The summed E-state index contributed by atoms with van der Waals surface area (Å²) in [6.45, 7) is 4.36. The third kappa shape index (κ3) is 4.32. The van der Waals surface area contributed by atoms with Crippen LogP contribution in [0.4, 0.5) is 0 Å². The molecule has 2 aromatic rings. The van der Waals surface area contributed by atoms with Crippen molar-refractivity contribution in [2.75, 3.05) is 12.4 Å². The molecule has 0 radical (unpaired) electrons. The van der Waals surface area contributed by atoms with Gasteiger partial charge >= 0.3 is 11.6 Å². The average molecular weight is 338 g/mol. The summed E-state index contributed by atoms with van der Waals surface area (Å²) in [5, 5.41) is 3.21. The zero-order valence-electron chi connectivity index (χ0n) is 12.7. The number of benzene rings is 1. The number of alkyl halides is 1. The molecule has 1 N–H and O–H groups in total. The number of ether oxygens (including phenoxy) is 1. The van der Waals surface area contributed by atoms with Crippen molar-refractivity contribution in [2.24, 2.45) is 5.92 Å². The van der Waals surface area contributed by atoms with Crippen LogP contribution in [-0.2, 0) is 4.79 Å². The Morgan fingerprint density at radius 2 is 2.04 bits per heavy atom. The predicted octanol–water partition coefficient (Wildman–Crippen LogP) is 2.32. The van der Waals surface area contributed by atoms with Crippen molar-refractivity contribution < 1.29 is 18.7 Å². The Kier molecular flexibility index (Phi) is 5.39. The average Bonchev–Trinajstić information content (AvgIpc) is 2.51. The van der Waals surface area contributed by atoms with Gasteiger partial charge in [-0.25, -0.2) is 4.79 Å². The Labute approximate surface area is 137 Å². The van der Waals surface area contributed by atoms with Crippen LogP contribution in [-0.4, -0.2) is 24.3 Å². The van der Waals surface area contributed by atoms with E-state index in [2.05, 4.69) is 5.32 Å². The van der Waals surface area contributed by atoms with E-state index in [1.54, 1.807) is 6.07 Å². The number of rotatable bonds is 5. The number of esters is 1. The fraction of sp³-hybridized carbons (Fsp3) is 0.312. The van der Waals surface area contributed by atoms with E-state index in [9.17, 15) is 14.4 Å². The molecule has 0 aliphatic carbocycles. The van der Waals surface area contributed by atoms with Crippen LogP contribution in [0.2, 0.25) is 0 Å². The molecular weight excluding hydrogens is 322 g/mol. The molecule has 0 spiro atoms. The van der Waals surface area contributed by atoms with Gasteiger partial charge in [0.15, 0.2) is 0 Å². The SMILES string of the molecule is CC(C)CNC(=O)c1cc2ccc(OC(=O)CCl)cc2oc1=O. The van der Waals surface area contributed by atoms with Gasteiger partial charge in [-0.1, -0.05) is 13.8 Å². The van der Waals surface area contributed by atoms with Crippen molar-refractivity contribution in [1.29, 1.82) is 0 Å². The molecule has 0 saturated carbocycles. The summed E-state index contributed by atoms with van der Waals surface area (Å²) < 4.78 is 10.1. The quantitative estimate of drug-likeness (QED) is 0.391. The number of hydrogen-bond donors (Lipinski definition) is 1. The van der Waals surface area contributed by atoms with E-state index in [1.807, 2.05) is 13.8 Å². The van der Waals surface area contributed by atoms with Crippen LogP contribution in [0.5, 0.6) is 5.75 Å². The molecule has 0 bridgehead atoms. The number of amides is 1. The van der Waals surface area contributed by atoms with Crippen molar-refractivity contribution >= 4 is 34.4 Å². The zero-order valence-corrected chi connectivity index (χ0v) is 13.5. The molecule has 1 heterocycles. The van der Waals surface area contributed by atoms with Crippen LogP contribution in [0.25, 0.3) is 11.0 Å². The monoisotopic (exact) mass is 337 g/mol. The number of nitrogens with one attached hydrogen (secondary N) is 1. The molecule has 0 unspecified atom stereocenters. The number of fused-ring (bicyclic) bond motifs is 1. The third-order valence-corrected chi connectivity index (χ3v) is 3.18. The van der Waals surface area contributed by atoms with E-state index >= 15 is 0 Å². The number of halogens is 1. The molecule has 0 atom stereocenters. The van der Waals surface area contributed by atoms with Gasteiger partial charge in [0, 0.05) is 18.0 Å². The summed E-state index contributed by atoms with van der Waals surface area (Å²) in [4.78, 5) is 35.1. The van der Waals surface area contributed by atoms with Crippen molar-refractivity contribution in [1.82, 2.24) is 5.32 Å². The lowest BCUT2D eigenvalue weighted by Crippen LogP contribution is -2.31. The number of hydrogen-bond acceptors (Lipinski definition) is 5. The highest BCUT2D eigenvalue weighted by Gasteiger charge is 2.14. The summed E-state index contributed by atoms with van der Waals surface area (Å²) >= 11 is 5.36. The Morgan fingerprint density at radius 1 is 1.30 bits per heavy atom. The van der Waals surface area contributed by atoms with Crippen molar-refractivity contribution in [2.45, 2.75) is 13.8 Å². The Bertz CT molecular complexity index is 797. The van der Waals surface area contributed by atoms with E-state index in [4.69, 9.17) is 20.8 Å². The molecule has 6 nitrogen and oxygen atoms in total. The minimum atomic E-state index is -0.750. The largest absolute Gasteiger partial charge is 0.426 e. The summed E-state index contributed by atoms with van der Waals surface area (Å²) in [6, 6.07) is 5.97. The molecule has 122 valence electrons. The summed E-state index contributed by atoms with van der Waals surface area (Å²) in [5.41, 5.74) is -0.599. The summed E-state index contributed by atoms with van der Waals surface area (Å²) in [6.07, 6.45) is 0. The van der Waals surface area contributed by atoms with Gasteiger partial charge in [0.05, 0.1) is 0 Å². The molecule has 2 rings (SSSR count). The first-order valence-corrected chi connectivity index (χ1v) is 7.57. The Morgan fingerprint density at radius 3 is 2.70 bits per heavy atom. The van der Waals surface area contributed by atoms with E-state index in [0.29, 0.717) is 11.9 Å². The first kappa shape index (κ1) is 17.0. The van der Waals surface area contributed by atoms with Crippen LogP contribution >= 0.6 is 11.6 Å². The molecule has 7 heteroatoms. The smallest absolute Gasteiger partial charge is 0.349 e. The normalized spacial score (nSPS) is 10.8. The topological polar surface area (TPSA) is 85.6 Å². The van der Waals surface area contributed by atoms with Gasteiger partial charge in [0.1, 0.15) is 22.8 Å². The van der Waals surface area contributed by atoms with Gasteiger partial charge < -0.3 is 14.5 Å². The highest BCUT2D eigenvalue weighted by atomic mass is 35.5. The molecule has 23 heavy (non-hydrogen) atoms. The maximum Gasteiger partial charge on any atom is 0.349 e. The van der Waals surface area contributed by atoms with Crippen molar-refractivity contribution in [3.8, 4) is 5.75 Å². The van der Waals surface area contributed by atoms with Crippen molar-refractivity contribution in [3.05, 3.63) is 40.2 Å². The lowest BCUT2D eigenvalue weighted by Gasteiger charge is -2.08. The van der Waals surface area contributed by atoms with Crippen LogP contribution in [0.1, 0.15) is 24.2 Å². The number of carbonyl (C=O) groups is 2. The highest BCUT2D eigenvalue weighted by Crippen LogP contribution is 2.20. The standard InChI is InChI=1S/C16H16ClNO5/c1-9(2)8-18-15(20)12-5-10-3-4-11(22-14(19)7-17)6-13(10)23-16(12)21/h3-6,9H,7-8H2,1-2H3,(H,18,20). The van der Waals surface area contributed by atoms with E-state index in [1.165, 1.54) is 18.2 Å². The fourth-order valence-electron chi connectivity index (χ4n) is 1.86. The van der Waals surface area contributed by atoms with Gasteiger partial charge in [-0.15, -0.1) is 11.6 Å². The zero-order chi connectivity index (χ0) is 17.0. The fourth-order valence-corrected chi connectivity index (χ4v) is 1.92. The van der Waals surface area contributed by atoms with Gasteiger partial charge in [0.25, 0.3) is 5.91 Å². The van der Waals surface area contributed by atoms with Crippen LogP contribution in [0.15, 0.2) is 33.5 Å². The molecule has 1 amide bonds. The minimum Gasteiger partial charge on any atom is -0.426 e. The van der Waals surface area contributed by atoms with Crippen LogP contribution in [0.3, 0.4) is 0 Å². The summed E-state index contributed by atoms with van der Waals surface area (Å²) in [5.74, 6) is -0.893. The first-order valence-electron chi connectivity index (χ1n) is 7.03. The van der Waals surface area contributed by atoms with E-state index < -0.39 is 17.5 Å². The third-order valence-electron chi connectivity index (χ3n) is 2.96. The van der Waals surface area contributed by atoms with Gasteiger partial charge in [-0.3, -0.25) is 9.59 Å². The summed E-state index contributed by atoms with van der Waals surface area (Å²) in [7, 11) is 0. The minimum absolute atomic E-state index is 0.0661. The van der Waals surface area contributed by atoms with Gasteiger partial charge in [0.2, 0.25) is 0 Å². The molecule has 1 aromatic heterocycles. The van der Waals surface area contributed by atoms with Gasteiger partial charge in [-0.2, -0.15) is 0 Å². The Balaban J connectivity index is 2.32. The predicted molar refractivity (Wildman–Crippen MR) is 86.0 cm³/mol. The Hall–Kier alpha value is -2.34. The first-order chi connectivity index (χ1) is 10.9. The van der Waals surface area contributed by atoms with Gasteiger partial charge in [-0.05, 0) is 24.1 Å². The molecule has 0 saturated heterocycles. The highest BCUT2D eigenvalue weighted by molar-refractivity contribution is 6.26. The molecule has 0 fully saturated rings. The second-order valence-corrected chi connectivity index (χ2v) is 5.63. The van der Waals surface area contributed by atoms with Crippen LogP contribution in [0, 0.1) is 5.92 Å². The second kappa shape index (κ2) is 7.28. The number of carbonyl (C=O) groups excluding carboxylic acids is 2. The second-order valence-electron chi connectivity index (χ2n) is 5.36. The van der Waals surface area contributed by atoms with E-state index in [0.717, 1.165) is 0 Å². The maximum atomic E-state index is 12.0. The van der Waals surface area contributed by atoms with Crippen LogP contribution < -0.4 is 15.7 Å². The molecule has 1 aromatic carbocycles. The molecular formula is C16H16ClNO5. The molecule has 0 aliphatic heterocycles. The molecule has 0 aliphatic rings. The van der Waals surface area contributed by atoms with E-state index in [-0.39, 0.29) is 28.7 Å².